The van der Waals surface area contributed by atoms with E-state index in [1.165, 1.54) is 0 Å². The van der Waals surface area contributed by atoms with Crippen LogP contribution in [0, 0.1) is 0 Å². The van der Waals surface area contributed by atoms with Crippen LogP contribution in [0.4, 0.5) is 0 Å². The first-order chi connectivity index (χ1) is 8.59. The third kappa shape index (κ3) is 2.22. The number of benzene rings is 1. The fourth-order valence-electron chi connectivity index (χ4n) is 1.55. The summed E-state index contributed by atoms with van der Waals surface area (Å²) in [6.07, 6.45) is 0.748. The van der Waals surface area contributed by atoms with E-state index < -0.39 is 5.60 Å². The summed E-state index contributed by atoms with van der Waals surface area (Å²) in [6, 6.07) is 6.61. The average Bonchev–Trinajstić information content (AvgIpc) is 2.89. The monoisotopic (exact) mass is 248 g/mol. The lowest BCUT2D eigenvalue weighted by Crippen LogP contribution is -2.24. The highest BCUT2D eigenvalue weighted by molar-refractivity contribution is 5.54. The van der Waals surface area contributed by atoms with Crippen molar-refractivity contribution in [2.24, 2.45) is 0 Å². The molecule has 18 heavy (non-hydrogen) atoms. The van der Waals surface area contributed by atoms with Crippen molar-refractivity contribution in [3.63, 3.8) is 0 Å². The van der Waals surface area contributed by atoms with Crippen LogP contribution < -0.4 is 0 Å². The summed E-state index contributed by atoms with van der Waals surface area (Å²) < 4.78 is 10.6. The predicted octanol–water partition coefficient (Wildman–Crippen LogP) is 2.71. The highest BCUT2D eigenvalue weighted by Gasteiger charge is 2.30. The van der Waals surface area contributed by atoms with Gasteiger partial charge >= 0.3 is 0 Å². The first kappa shape index (κ1) is 12.6. The molecule has 0 radical (unpaired) electrons. The summed E-state index contributed by atoms with van der Waals surface area (Å²) in [6.45, 7) is 3.92. The number of nitrogens with zero attached hydrogens (tertiary/aromatic N) is 2. The molecule has 2 rings (SSSR count). The van der Waals surface area contributed by atoms with Gasteiger partial charge in [-0.05, 0) is 37.6 Å². The molecule has 5 heteroatoms. The Balaban J connectivity index is 2.33. The van der Waals surface area contributed by atoms with Gasteiger partial charge in [-0.25, -0.2) is 0 Å². The predicted molar refractivity (Wildman–Crippen MR) is 66.1 cm³/mol. The number of aromatic nitrogens is 2. The van der Waals surface area contributed by atoms with Gasteiger partial charge in [0.1, 0.15) is 11.4 Å². The minimum atomic E-state index is -0.543. The maximum atomic E-state index is 9.23. The van der Waals surface area contributed by atoms with Crippen molar-refractivity contribution in [3.05, 3.63) is 30.1 Å². The normalized spacial score (nSPS) is 14.4. The van der Waals surface area contributed by atoms with Gasteiger partial charge in [0.25, 0.3) is 5.89 Å². The van der Waals surface area contributed by atoms with E-state index in [-0.39, 0.29) is 5.75 Å². The molecular formula is C13H16N2O3. The minimum Gasteiger partial charge on any atom is -0.508 e. The fourth-order valence-corrected chi connectivity index (χ4v) is 1.55. The molecule has 1 unspecified atom stereocenters. The van der Waals surface area contributed by atoms with E-state index in [4.69, 9.17) is 9.26 Å². The van der Waals surface area contributed by atoms with Gasteiger partial charge in [0, 0.05) is 12.7 Å². The first-order valence-corrected chi connectivity index (χ1v) is 5.78. The Morgan fingerprint density at radius 2 is 2.00 bits per heavy atom. The molecule has 2 aromatic rings. The van der Waals surface area contributed by atoms with Crippen molar-refractivity contribution in [1.82, 2.24) is 10.1 Å². The van der Waals surface area contributed by atoms with Crippen molar-refractivity contribution in [1.29, 1.82) is 0 Å². The molecule has 0 fully saturated rings. The van der Waals surface area contributed by atoms with E-state index in [2.05, 4.69) is 10.1 Å². The van der Waals surface area contributed by atoms with E-state index in [0.29, 0.717) is 11.7 Å². The molecule has 1 N–H and O–H groups in total. The standard InChI is InChI=1S/C13H16N2O3/c1-4-13(2,17-3)12-14-11(18-15-12)9-5-7-10(16)8-6-9/h5-8,16H,4H2,1-3H3. The lowest BCUT2D eigenvalue weighted by atomic mass is 10.0. The molecule has 0 aliphatic rings. The zero-order chi connectivity index (χ0) is 13.2. The lowest BCUT2D eigenvalue weighted by molar-refractivity contribution is -0.0106. The zero-order valence-electron chi connectivity index (χ0n) is 10.7. The number of methoxy groups -OCH3 is 1. The van der Waals surface area contributed by atoms with Gasteiger partial charge in [0.05, 0.1) is 0 Å². The number of phenols is 1. The lowest BCUT2D eigenvalue weighted by Gasteiger charge is -2.21. The molecule has 0 saturated heterocycles. The summed E-state index contributed by atoms with van der Waals surface area (Å²) in [5, 5.41) is 13.2. The van der Waals surface area contributed by atoms with Gasteiger partial charge in [-0.15, -0.1) is 0 Å². The average molecular weight is 248 g/mol. The SMILES string of the molecule is CCC(C)(OC)c1noc(-c2ccc(O)cc2)n1. The van der Waals surface area contributed by atoms with Crippen LogP contribution in [0.1, 0.15) is 26.1 Å². The molecule has 1 aromatic carbocycles. The van der Waals surface area contributed by atoms with Crippen LogP contribution in [0.5, 0.6) is 5.75 Å². The number of hydrogen-bond acceptors (Lipinski definition) is 5. The number of ether oxygens (including phenoxy) is 1. The van der Waals surface area contributed by atoms with Gasteiger partial charge in [0.15, 0.2) is 0 Å². The topological polar surface area (TPSA) is 68.4 Å². The Hall–Kier alpha value is -1.88. The molecule has 0 amide bonds. The Bertz CT molecular complexity index is 515. The number of aromatic hydroxyl groups is 1. The molecule has 1 heterocycles. The van der Waals surface area contributed by atoms with Gasteiger partial charge in [0.2, 0.25) is 5.82 Å². The fraction of sp³-hybridized carbons (Fsp3) is 0.385. The molecule has 96 valence electrons. The number of hydrogen-bond donors (Lipinski definition) is 1. The van der Waals surface area contributed by atoms with E-state index >= 15 is 0 Å². The molecule has 0 spiro atoms. The highest BCUT2D eigenvalue weighted by atomic mass is 16.5. The van der Waals surface area contributed by atoms with Crippen LogP contribution in [-0.2, 0) is 10.3 Å². The van der Waals surface area contributed by atoms with Gasteiger partial charge in [-0.2, -0.15) is 4.98 Å². The maximum absolute atomic E-state index is 9.23. The van der Waals surface area contributed by atoms with Crippen molar-refractivity contribution in [2.45, 2.75) is 25.9 Å². The maximum Gasteiger partial charge on any atom is 0.258 e. The second-order valence-electron chi connectivity index (χ2n) is 4.26. The van der Waals surface area contributed by atoms with Crippen LogP contribution in [0.25, 0.3) is 11.5 Å². The molecule has 1 atom stereocenters. The number of phenolic OH excluding ortho intramolecular Hbond substituents is 1. The van der Waals surface area contributed by atoms with Gasteiger partial charge < -0.3 is 14.4 Å². The molecule has 0 bridgehead atoms. The Morgan fingerprint density at radius 1 is 1.33 bits per heavy atom. The van der Waals surface area contributed by atoms with Crippen LogP contribution in [0.3, 0.4) is 0 Å². The molecule has 0 aliphatic heterocycles. The molecule has 0 saturated carbocycles. The van der Waals surface area contributed by atoms with E-state index in [0.717, 1.165) is 12.0 Å². The van der Waals surface area contributed by atoms with Crippen molar-refractivity contribution in [2.75, 3.05) is 7.11 Å². The highest BCUT2D eigenvalue weighted by Crippen LogP contribution is 2.28. The quantitative estimate of drug-likeness (QED) is 0.900. The van der Waals surface area contributed by atoms with Crippen LogP contribution in [-0.4, -0.2) is 22.4 Å². The summed E-state index contributed by atoms with van der Waals surface area (Å²) >= 11 is 0. The molecular weight excluding hydrogens is 232 g/mol. The zero-order valence-corrected chi connectivity index (χ0v) is 10.7. The Morgan fingerprint density at radius 3 is 2.56 bits per heavy atom. The summed E-state index contributed by atoms with van der Waals surface area (Å²) in [5.41, 5.74) is 0.222. The summed E-state index contributed by atoms with van der Waals surface area (Å²) in [4.78, 5) is 4.34. The van der Waals surface area contributed by atoms with Gasteiger partial charge in [-0.1, -0.05) is 12.1 Å². The van der Waals surface area contributed by atoms with E-state index in [9.17, 15) is 5.11 Å². The Kier molecular flexibility index (Phi) is 3.34. The smallest absolute Gasteiger partial charge is 0.258 e. The molecule has 0 aliphatic carbocycles. The van der Waals surface area contributed by atoms with Crippen LogP contribution in [0.2, 0.25) is 0 Å². The Labute approximate surface area is 105 Å². The number of rotatable bonds is 4. The van der Waals surface area contributed by atoms with Crippen LogP contribution in [0.15, 0.2) is 28.8 Å². The summed E-state index contributed by atoms with van der Waals surface area (Å²) in [7, 11) is 1.63. The minimum absolute atomic E-state index is 0.203. The largest absolute Gasteiger partial charge is 0.508 e. The van der Waals surface area contributed by atoms with Gasteiger partial charge in [-0.3, -0.25) is 0 Å². The third-order valence-corrected chi connectivity index (χ3v) is 3.14. The van der Waals surface area contributed by atoms with Crippen molar-refractivity contribution < 1.29 is 14.4 Å². The molecule has 5 nitrogen and oxygen atoms in total. The summed E-state index contributed by atoms with van der Waals surface area (Å²) in [5.74, 6) is 1.14. The molecule has 1 aromatic heterocycles. The van der Waals surface area contributed by atoms with Crippen molar-refractivity contribution >= 4 is 0 Å². The second kappa shape index (κ2) is 4.78. The van der Waals surface area contributed by atoms with E-state index in [1.807, 2.05) is 13.8 Å². The van der Waals surface area contributed by atoms with Crippen LogP contribution >= 0.6 is 0 Å². The van der Waals surface area contributed by atoms with E-state index in [1.54, 1.807) is 31.4 Å². The first-order valence-electron chi connectivity index (χ1n) is 5.78. The van der Waals surface area contributed by atoms with Crippen molar-refractivity contribution in [3.8, 4) is 17.2 Å². The second-order valence-corrected chi connectivity index (χ2v) is 4.26. The third-order valence-electron chi connectivity index (χ3n) is 3.14.